The van der Waals surface area contributed by atoms with Gasteiger partial charge in [0.05, 0.1) is 0 Å². The average molecular weight is 292 g/mol. The predicted molar refractivity (Wildman–Crippen MR) is 86.2 cm³/mol. The lowest BCUT2D eigenvalue weighted by atomic mass is 10.2. The maximum atomic E-state index is 10.9. The van der Waals surface area contributed by atoms with Gasteiger partial charge in [0.15, 0.2) is 5.11 Å². The number of hydrogen-bond acceptors (Lipinski definition) is 4. The molecule has 0 atom stereocenters. The molecule has 2 rings (SSSR count). The molecule has 1 aliphatic rings. The number of hydrogen-bond donors (Lipinski definition) is 2. The highest BCUT2D eigenvalue weighted by Crippen LogP contribution is 2.19. The molecule has 0 unspecified atom stereocenters. The largest absolute Gasteiger partial charge is 0.369 e. The molecular formula is C14H20N4OS. The molecule has 0 bridgehead atoms. The van der Waals surface area contributed by atoms with Gasteiger partial charge >= 0.3 is 0 Å². The summed E-state index contributed by atoms with van der Waals surface area (Å²) in [6.45, 7) is 5.71. The van der Waals surface area contributed by atoms with Crippen molar-refractivity contribution in [3.8, 4) is 0 Å². The third kappa shape index (κ3) is 4.18. The van der Waals surface area contributed by atoms with Crippen LogP contribution in [0.15, 0.2) is 24.3 Å². The molecule has 20 heavy (non-hydrogen) atoms. The number of nitrogens with zero attached hydrogens (tertiary/aromatic N) is 2. The Balaban J connectivity index is 1.92. The van der Waals surface area contributed by atoms with Crippen LogP contribution >= 0.6 is 12.2 Å². The van der Waals surface area contributed by atoms with Gasteiger partial charge in [-0.05, 0) is 43.5 Å². The van der Waals surface area contributed by atoms with E-state index in [0.29, 0.717) is 5.11 Å². The van der Waals surface area contributed by atoms with E-state index in [1.807, 2.05) is 12.1 Å². The lowest BCUT2D eigenvalue weighted by Gasteiger charge is -2.34. The molecule has 1 amide bonds. The van der Waals surface area contributed by atoms with Gasteiger partial charge in [-0.1, -0.05) is 0 Å². The van der Waals surface area contributed by atoms with E-state index in [1.165, 1.54) is 12.6 Å². The van der Waals surface area contributed by atoms with E-state index in [9.17, 15) is 4.79 Å². The number of anilines is 2. The molecule has 108 valence electrons. The minimum absolute atomic E-state index is 0.170. The number of amides is 1. The van der Waals surface area contributed by atoms with Crippen LogP contribution in [0, 0.1) is 0 Å². The average Bonchev–Trinajstić information content (AvgIpc) is 2.39. The molecule has 1 aromatic rings. The fraction of sp³-hybridized carbons (Fsp3) is 0.429. The van der Waals surface area contributed by atoms with Crippen molar-refractivity contribution in [2.45, 2.75) is 6.92 Å². The Labute approximate surface area is 124 Å². The number of piperazine rings is 1. The Hall–Kier alpha value is -1.66. The Bertz CT molecular complexity index is 480. The summed E-state index contributed by atoms with van der Waals surface area (Å²) >= 11 is 5.02. The molecule has 0 radical (unpaired) electrons. The Morgan fingerprint density at radius 3 is 2.30 bits per heavy atom. The fourth-order valence-corrected chi connectivity index (χ4v) is 2.40. The van der Waals surface area contributed by atoms with Gasteiger partial charge in [0.2, 0.25) is 5.91 Å². The van der Waals surface area contributed by atoms with Crippen molar-refractivity contribution in [3.63, 3.8) is 0 Å². The van der Waals surface area contributed by atoms with Crippen molar-refractivity contribution in [1.29, 1.82) is 0 Å². The van der Waals surface area contributed by atoms with E-state index in [2.05, 4.69) is 39.6 Å². The number of rotatable bonds is 2. The van der Waals surface area contributed by atoms with E-state index in [1.54, 1.807) is 0 Å². The molecule has 0 saturated carbocycles. The topological polar surface area (TPSA) is 47.6 Å². The third-order valence-electron chi connectivity index (χ3n) is 3.28. The van der Waals surface area contributed by atoms with E-state index in [0.717, 1.165) is 31.9 Å². The third-order valence-corrected chi connectivity index (χ3v) is 3.49. The van der Waals surface area contributed by atoms with Crippen molar-refractivity contribution >= 4 is 34.6 Å². The second kappa shape index (κ2) is 6.67. The zero-order valence-corrected chi connectivity index (χ0v) is 12.7. The quantitative estimate of drug-likeness (QED) is 0.804. The molecule has 1 heterocycles. The molecule has 1 saturated heterocycles. The number of likely N-dealkylation sites (N-methyl/N-ethyl adjacent to an activating group) is 1. The van der Waals surface area contributed by atoms with Crippen LogP contribution in [0.1, 0.15) is 6.92 Å². The first-order chi connectivity index (χ1) is 9.54. The molecule has 5 nitrogen and oxygen atoms in total. The lowest BCUT2D eigenvalue weighted by molar-refractivity contribution is -0.117. The fourth-order valence-electron chi connectivity index (χ4n) is 2.14. The molecule has 6 heteroatoms. The summed E-state index contributed by atoms with van der Waals surface area (Å²) in [6.07, 6.45) is 0. The number of nitrogens with one attached hydrogen (secondary N) is 2. The summed E-state index contributed by atoms with van der Waals surface area (Å²) < 4.78 is 0. The van der Waals surface area contributed by atoms with E-state index < -0.39 is 0 Å². The summed E-state index contributed by atoms with van der Waals surface area (Å²) in [4.78, 5) is 15.6. The Kier molecular flexibility index (Phi) is 4.92. The first-order valence-electron chi connectivity index (χ1n) is 6.67. The molecule has 1 fully saturated rings. The van der Waals surface area contributed by atoms with Crippen molar-refractivity contribution < 1.29 is 4.79 Å². The van der Waals surface area contributed by atoms with Crippen LogP contribution in [0.5, 0.6) is 0 Å². The maximum absolute atomic E-state index is 10.9. The van der Waals surface area contributed by atoms with Crippen LogP contribution in [0.3, 0.4) is 0 Å². The molecule has 0 aromatic heterocycles. The summed E-state index contributed by atoms with van der Waals surface area (Å²) in [6, 6.07) is 8.09. The van der Waals surface area contributed by atoms with Crippen molar-refractivity contribution in [2.75, 3.05) is 43.4 Å². The standard InChI is InChI=1S/C14H20N4OS/c1-11(19)15-14(20)16-12-3-5-13(6-4-12)18-9-7-17(2)8-10-18/h3-6H,7-10H2,1-2H3,(H2,15,16,19,20). The zero-order chi connectivity index (χ0) is 14.5. The maximum Gasteiger partial charge on any atom is 0.222 e. The molecule has 0 aliphatic carbocycles. The van der Waals surface area contributed by atoms with Crippen LogP contribution in [-0.2, 0) is 4.79 Å². The van der Waals surface area contributed by atoms with Gasteiger partial charge in [0.1, 0.15) is 0 Å². The first-order valence-corrected chi connectivity index (χ1v) is 7.07. The van der Waals surface area contributed by atoms with Gasteiger partial charge in [-0.2, -0.15) is 0 Å². The summed E-state index contributed by atoms with van der Waals surface area (Å²) in [7, 11) is 2.15. The van der Waals surface area contributed by atoms with Gasteiger partial charge in [0, 0.05) is 44.5 Å². The number of thiocarbonyl (C=S) groups is 1. The summed E-state index contributed by atoms with van der Waals surface area (Å²) in [5, 5.41) is 5.85. The zero-order valence-electron chi connectivity index (χ0n) is 11.8. The molecule has 0 spiro atoms. The first kappa shape index (κ1) is 14.7. The van der Waals surface area contributed by atoms with Crippen LogP contribution in [-0.4, -0.2) is 49.1 Å². The van der Waals surface area contributed by atoms with Gasteiger partial charge in [-0.25, -0.2) is 0 Å². The molecule has 1 aliphatic heterocycles. The SMILES string of the molecule is CC(=O)NC(=S)Nc1ccc(N2CCN(C)CC2)cc1. The minimum atomic E-state index is -0.170. The van der Waals surface area contributed by atoms with Gasteiger partial charge in [-0.15, -0.1) is 0 Å². The van der Waals surface area contributed by atoms with Crippen LogP contribution < -0.4 is 15.5 Å². The number of carbonyl (C=O) groups excluding carboxylic acids is 1. The Morgan fingerprint density at radius 1 is 1.15 bits per heavy atom. The van der Waals surface area contributed by atoms with Gasteiger partial charge in [0.25, 0.3) is 0 Å². The van der Waals surface area contributed by atoms with Gasteiger partial charge < -0.3 is 20.4 Å². The highest BCUT2D eigenvalue weighted by atomic mass is 32.1. The normalized spacial score (nSPS) is 15.8. The molecular weight excluding hydrogens is 272 g/mol. The van der Waals surface area contributed by atoms with Crippen molar-refractivity contribution in [1.82, 2.24) is 10.2 Å². The minimum Gasteiger partial charge on any atom is -0.369 e. The number of carbonyl (C=O) groups is 1. The van der Waals surface area contributed by atoms with E-state index in [4.69, 9.17) is 12.2 Å². The molecule has 1 aromatic carbocycles. The second-order valence-electron chi connectivity index (χ2n) is 4.97. The Morgan fingerprint density at radius 2 is 1.75 bits per heavy atom. The highest BCUT2D eigenvalue weighted by Gasteiger charge is 2.13. The second-order valence-corrected chi connectivity index (χ2v) is 5.38. The lowest BCUT2D eigenvalue weighted by Crippen LogP contribution is -2.44. The number of benzene rings is 1. The monoisotopic (exact) mass is 292 g/mol. The van der Waals surface area contributed by atoms with Crippen LogP contribution in [0.25, 0.3) is 0 Å². The van der Waals surface area contributed by atoms with Crippen LogP contribution in [0.2, 0.25) is 0 Å². The summed E-state index contributed by atoms with van der Waals surface area (Å²) in [5.41, 5.74) is 2.09. The van der Waals surface area contributed by atoms with E-state index in [-0.39, 0.29) is 5.91 Å². The predicted octanol–water partition coefficient (Wildman–Crippen LogP) is 1.27. The smallest absolute Gasteiger partial charge is 0.222 e. The summed E-state index contributed by atoms with van der Waals surface area (Å²) in [5.74, 6) is -0.170. The molecule has 2 N–H and O–H groups in total. The van der Waals surface area contributed by atoms with Crippen LogP contribution in [0.4, 0.5) is 11.4 Å². The van der Waals surface area contributed by atoms with E-state index >= 15 is 0 Å². The van der Waals surface area contributed by atoms with Crippen molar-refractivity contribution in [2.24, 2.45) is 0 Å². The van der Waals surface area contributed by atoms with Crippen molar-refractivity contribution in [3.05, 3.63) is 24.3 Å². The highest BCUT2D eigenvalue weighted by molar-refractivity contribution is 7.80. The van der Waals surface area contributed by atoms with Gasteiger partial charge in [-0.3, -0.25) is 4.79 Å².